The average molecular weight is 298 g/mol. The second-order valence-electron chi connectivity index (χ2n) is 4.16. The summed E-state index contributed by atoms with van der Waals surface area (Å²) in [5.41, 5.74) is 3.64. The van der Waals surface area contributed by atoms with Crippen molar-refractivity contribution in [1.82, 2.24) is 4.98 Å². The molecule has 0 N–H and O–H groups in total. The van der Waals surface area contributed by atoms with Crippen LogP contribution in [0.4, 0.5) is 0 Å². The molecule has 0 amide bonds. The Balaban J connectivity index is 2.07. The van der Waals surface area contributed by atoms with E-state index < -0.39 is 0 Å². The van der Waals surface area contributed by atoms with Crippen LogP contribution in [0.25, 0.3) is 21.4 Å². The summed E-state index contributed by atoms with van der Waals surface area (Å²) < 4.78 is 2.65. The molecule has 0 spiro atoms. The molecule has 0 atom stereocenters. The van der Waals surface area contributed by atoms with Gasteiger partial charge in [0.1, 0.15) is 0 Å². The fourth-order valence-electron chi connectivity index (χ4n) is 1.96. The van der Waals surface area contributed by atoms with Gasteiger partial charge in [-0.1, -0.05) is 0 Å². The van der Waals surface area contributed by atoms with E-state index in [1.165, 1.54) is 20.1 Å². The molecule has 2 aromatic carbocycles. The van der Waals surface area contributed by atoms with Gasteiger partial charge < -0.3 is 0 Å². The molecule has 0 saturated carbocycles. The minimum absolute atomic E-state index is 0.354. The second-order valence-corrected chi connectivity index (χ2v) is 6.68. The number of aryl methyl sites for hydroxylation is 1. The number of hydrogen-bond acceptors (Lipinski definition) is 1. The van der Waals surface area contributed by atoms with Crippen LogP contribution in [0.1, 0.15) is 4.44 Å². The molecule has 0 aliphatic rings. The van der Waals surface area contributed by atoms with E-state index in [0.29, 0.717) is 14.5 Å². The molecule has 2 heteroatoms. The van der Waals surface area contributed by atoms with Crippen LogP contribution in [-0.2, 0) is 0 Å². The molecule has 0 fully saturated rings. The van der Waals surface area contributed by atoms with Gasteiger partial charge in [-0.05, 0) is 0 Å². The van der Waals surface area contributed by atoms with E-state index in [-0.39, 0.29) is 0 Å². The fraction of sp³-hybridized carbons (Fsp3) is 0.0625. The molecule has 0 saturated heterocycles. The second kappa shape index (κ2) is 4.93. The van der Waals surface area contributed by atoms with Gasteiger partial charge in [-0.25, -0.2) is 0 Å². The summed E-state index contributed by atoms with van der Waals surface area (Å²) in [7, 11) is 0. The van der Waals surface area contributed by atoms with E-state index in [0.717, 1.165) is 5.69 Å². The Hall–Kier alpha value is -1.63. The van der Waals surface area contributed by atoms with Gasteiger partial charge in [0.25, 0.3) is 0 Å². The van der Waals surface area contributed by atoms with Gasteiger partial charge in [-0.3, -0.25) is 0 Å². The molecule has 3 aromatic rings. The molecule has 1 aromatic heterocycles. The number of nitrogens with zero attached hydrogens (tertiary/aromatic N) is 1. The van der Waals surface area contributed by atoms with Gasteiger partial charge in [0.15, 0.2) is 0 Å². The number of benzene rings is 2. The van der Waals surface area contributed by atoms with Crippen LogP contribution >= 0.6 is 0 Å². The van der Waals surface area contributed by atoms with Crippen molar-refractivity contribution < 1.29 is 0 Å². The van der Waals surface area contributed by atoms with Crippen LogP contribution in [0.15, 0.2) is 60.7 Å². The Labute approximate surface area is 113 Å². The Morgan fingerprint density at radius 2 is 1.33 bits per heavy atom. The third-order valence-electron chi connectivity index (χ3n) is 2.86. The fourth-order valence-corrected chi connectivity index (χ4v) is 3.94. The van der Waals surface area contributed by atoms with E-state index in [1.54, 1.807) is 0 Å². The Kier molecular flexibility index (Phi) is 3.14. The van der Waals surface area contributed by atoms with Crippen molar-refractivity contribution in [1.29, 1.82) is 0 Å². The average Bonchev–Trinajstić information content (AvgIpc) is 2.83. The van der Waals surface area contributed by atoms with Gasteiger partial charge in [0.2, 0.25) is 0 Å². The van der Waals surface area contributed by atoms with Crippen LogP contribution in [0.5, 0.6) is 0 Å². The van der Waals surface area contributed by atoms with Crippen molar-refractivity contribution >= 4 is 14.5 Å². The van der Waals surface area contributed by atoms with Crippen LogP contribution in [0, 0.1) is 6.92 Å². The first-order valence-corrected chi connectivity index (χ1v) is 7.64. The van der Waals surface area contributed by atoms with E-state index in [2.05, 4.69) is 55.5 Å². The van der Waals surface area contributed by atoms with Crippen LogP contribution in [0.3, 0.4) is 0 Å². The molecule has 0 aliphatic heterocycles. The van der Waals surface area contributed by atoms with Crippen LogP contribution in [0.2, 0.25) is 0 Å². The standard InChI is InChI=1S/C16H13NSe/c1-12-15(13-8-4-2-5-9-13)17-16(18-12)14-10-6-3-7-11-14/h2-11H,1H3. The number of rotatable bonds is 2. The van der Waals surface area contributed by atoms with Crippen molar-refractivity contribution in [3.63, 3.8) is 0 Å². The molecule has 0 aliphatic carbocycles. The quantitative estimate of drug-likeness (QED) is 0.656. The van der Waals surface area contributed by atoms with E-state index in [4.69, 9.17) is 4.98 Å². The number of aromatic nitrogens is 1. The summed E-state index contributed by atoms with van der Waals surface area (Å²) >= 11 is 0.354. The molecule has 3 rings (SSSR count). The van der Waals surface area contributed by atoms with Crippen molar-refractivity contribution in [3.8, 4) is 21.4 Å². The molecule has 0 bridgehead atoms. The Bertz CT molecular complexity index is 641. The zero-order valence-electron chi connectivity index (χ0n) is 10.1. The summed E-state index contributed by atoms with van der Waals surface area (Å²) in [6.07, 6.45) is 0. The van der Waals surface area contributed by atoms with E-state index >= 15 is 0 Å². The van der Waals surface area contributed by atoms with Crippen LogP contribution in [-0.4, -0.2) is 19.5 Å². The molecule has 1 heterocycles. The predicted molar refractivity (Wildman–Crippen MR) is 76.8 cm³/mol. The molecule has 0 radical (unpaired) electrons. The third kappa shape index (κ3) is 2.17. The van der Waals surface area contributed by atoms with Gasteiger partial charge >= 0.3 is 113 Å². The van der Waals surface area contributed by atoms with E-state index in [9.17, 15) is 0 Å². The van der Waals surface area contributed by atoms with Crippen molar-refractivity contribution in [2.24, 2.45) is 0 Å². The molecule has 1 nitrogen and oxygen atoms in total. The molecule has 0 unspecified atom stereocenters. The third-order valence-corrected chi connectivity index (χ3v) is 5.00. The van der Waals surface area contributed by atoms with E-state index in [1.807, 2.05) is 12.1 Å². The first kappa shape index (κ1) is 11.5. The Morgan fingerprint density at radius 3 is 1.94 bits per heavy atom. The van der Waals surface area contributed by atoms with Crippen LogP contribution < -0.4 is 0 Å². The zero-order valence-corrected chi connectivity index (χ0v) is 11.8. The van der Waals surface area contributed by atoms with Gasteiger partial charge in [0, 0.05) is 0 Å². The van der Waals surface area contributed by atoms with Gasteiger partial charge in [-0.2, -0.15) is 0 Å². The summed E-state index contributed by atoms with van der Waals surface area (Å²) in [6, 6.07) is 20.9. The minimum atomic E-state index is 0.354. The van der Waals surface area contributed by atoms with Gasteiger partial charge in [0.05, 0.1) is 0 Å². The maximum atomic E-state index is 4.83. The first-order valence-electron chi connectivity index (χ1n) is 5.93. The zero-order chi connectivity index (χ0) is 12.4. The maximum absolute atomic E-state index is 4.83. The molecule has 18 heavy (non-hydrogen) atoms. The summed E-state index contributed by atoms with van der Waals surface area (Å²) in [4.78, 5) is 4.83. The summed E-state index contributed by atoms with van der Waals surface area (Å²) in [5.74, 6) is 0. The molecular formula is C16H13NSe. The summed E-state index contributed by atoms with van der Waals surface area (Å²) in [6.45, 7) is 2.20. The van der Waals surface area contributed by atoms with Gasteiger partial charge in [-0.15, -0.1) is 0 Å². The first-order chi connectivity index (χ1) is 8.84. The normalized spacial score (nSPS) is 10.5. The summed E-state index contributed by atoms with van der Waals surface area (Å²) in [5, 5.41) is 0. The molecular weight excluding hydrogens is 285 g/mol. The Morgan fingerprint density at radius 1 is 0.778 bits per heavy atom. The topological polar surface area (TPSA) is 12.9 Å². The monoisotopic (exact) mass is 299 g/mol. The predicted octanol–water partition coefficient (Wildman–Crippen LogP) is 3.78. The SMILES string of the molecule is Cc1[se]c(-c2ccccc2)nc1-c1ccccc1. The van der Waals surface area contributed by atoms with Crippen molar-refractivity contribution in [3.05, 3.63) is 65.1 Å². The molecule has 88 valence electrons. The number of hydrogen-bond donors (Lipinski definition) is 0. The van der Waals surface area contributed by atoms with Crippen molar-refractivity contribution in [2.45, 2.75) is 6.92 Å². The van der Waals surface area contributed by atoms with Crippen molar-refractivity contribution in [2.75, 3.05) is 0 Å².